The van der Waals surface area contributed by atoms with E-state index in [0.29, 0.717) is 0 Å². The van der Waals surface area contributed by atoms with Crippen molar-refractivity contribution >= 4 is 17.0 Å². The topological polar surface area (TPSA) is 38.9 Å². The van der Waals surface area contributed by atoms with Gasteiger partial charge in [0.1, 0.15) is 0 Å². The van der Waals surface area contributed by atoms with Gasteiger partial charge in [-0.25, -0.2) is 0 Å². The third-order valence-electron chi connectivity index (χ3n) is 1.12. The number of pyridine rings is 1. The third kappa shape index (κ3) is 12.3. The number of rotatable bonds is 2. The number of aromatic nitrogens is 1. The Hall–Kier alpha value is -0.410. The lowest BCUT2D eigenvalue weighted by Gasteiger charge is -1.80. The molecule has 0 saturated heterocycles. The maximum Gasteiger partial charge on any atom is 0.0267 e. The fraction of sp³-hybridized carbons (Fsp3) is 0.444. The van der Waals surface area contributed by atoms with Gasteiger partial charge in [0.25, 0.3) is 0 Å². The summed E-state index contributed by atoms with van der Waals surface area (Å²) >= 11 is 0. The molecule has 1 heterocycles. The van der Waals surface area contributed by atoms with Gasteiger partial charge < -0.3 is 5.73 Å². The molecule has 0 aromatic carbocycles. The maximum atomic E-state index is 5.14. The second kappa shape index (κ2) is 13.2. The van der Waals surface area contributed by atoms with Crippen LogP contribution in [0.3, 0.4) is 0 Å². The molecular formula is C9H17BrN2. The van der Waals surface area contributed by atoms with Gasteiger partial charge in [0, 0.05) is 12.4 Å². The van der Waals surface area contributed by atoms with Crippen LogP contribution in [-0.2, 0) is 0 Å². The molecule has 0 aliphatic carbocycles. The zero-order chi connectivity index (χ0) is 8.36. The highest BCUT2D eigenvalue weighted by Crippen LogP contribution is 1.77. The van der Waals surface area contributed by atoms with Gasteiger partial charge in [-0.05, 0) is 25.1 Å². The molecule has 3 heteroatoms. The average Bonchev–Trinajstić information content (AvgIpc) is 2.10. The lowest BCUT2D eigenvalue weighted by molar-refractivity contribution is 0.807. The van der Waals surface area contributed by atoms with Crippen LogP contribution in [0.4, 0.5) is 0 Å². The summed E-state index contributed by atoms with van der Waals surface area (Å²) in [4.78, 5) is 3.78. The Morgan fingerprint density at radius 3 is 1.83 bits per heavy atom. The van der Waals surface area contributed by atoms with Gasteiger partial charge in [-0.15, -0.1) is 17.0 Å². The molecule has 12 heavy (non-hydrogen) atoms. The second-order valence-electron chi connectivity index (χ2n) is 2.17. The quantitative estimate of drug-likeness (QED) is 0.851. The molecule has 0 spiro atoms. The first-order valence-electron chi connectivity index (χ1n) is 3.97. The van der Waals surface area contributed by atoms with Gasteiger partial charge in [0.05, 0.1) is 0 Å². The van der Waals surface area contributed by atoms with E-state index in [0.717, 1.165) is 6.54 Å². The van der Waals surface area contributed by atoms with Gasteiger partial charge in [0.2, 0.25) is 0 Å². The molecular weight excluding hydrogens is 216 g/mol. The fourth-order valence-electron chi connectivity index (χ4n) is 0.517. The van der Waals surface area contributed by atoms with Crippen LogP contribution in [0.1, 0.15) is 19.8 Å². The first-order valence-corrected chi connectivity index (χ1v) is 3.97. The number of unbranched alkanes of at least 4 members (excludes halogenated alkanes) is 1. The van der Waals surface area contributed by atoms with Gasteiger partial charge in [0.15, 0.2) is 0 Å². The maximum absolute atomic E-state index is 5.14. The second-order valence-corrected chi connectivity index (χ2v) is 2.17. The Bertz CT molecular complexity index is 116. The molecule has 0 radical (unpaired) electrons. The Morgan fingerprint density at radius 2 is 1.75 bits per heavy atom. The normalized spacial score (nSPS) is 7.50. The molecule has 0 amide bonds. The van der Waals surface area contributed by atoms with Crippen LogP contribution in [-0.4, -0.2) is 11.5 Å². The van der Waals surface area contributed by atoms with Crippen molar-refractivity contribution in [2.45, 2.75) is 19.8 Å². The van der Waals surface area contributed by atoms with Crippen molar-refractivity contribution in [1.29, 1.82) is 0 Å². The van der Waals surface area contributed by atoms with Crippen molar-refractivity contribution < 1.29 is 0 Å². The van der Waals surface area contributed by atoms with Crippen molar-refractivity contribution in [2.75, 3.05) is 6.54 Å². The smallest absolute Gasteiger partial charge is 0.0267 e. The monoisotopic (exact) mass is 232 g/mol. The van der Waals surface area contributed by atoms with Crippen LogP contribution in [0.25, 0.3) is 0 Å². The average molecular weight is 233 g/mol. The van der Waals surface area contributed by atoms with Crippen LogP contribution < -0.4 is 5.73 Å². The van der Waals surface area contributed by atoms with Crippen LogP contribution in [0.5, 0.6) is 0 Å². The fourth-order valence-corrected chi connectivity index (χ4v) is 0.517. The number of nitrogens with zero attached hydrogens (tertiary/aromatic N) is 1. The molecule has 1 rings (SSSR count). The minimum absolute atomic E-state index is 0. The number of nitrogens with two attached hydrogens (primary N) is 1. The van der Waals surface area contributed by atoms with Crippen molar-refractivity contribution in [3.05, 3.63) is 30.6 Å². The Morgan fingerprint density at radius 1 is 1.17 bits per heavy atom. The molecule has 0 bridgehead atoms. The molecule has 0 saturated carbocycles. The predicted molar refractivity (Wildman–Crippen MR) is 58.5 cm³/mol. The molecule has 0 unspecified atom stereocenters. The number of halogens is 1. The van der Waals surface area contributed by atoms with E-state index in [1.165, 1.54) is 12.8 Å². The molecule has 70 valence electrons. The lowest BCUT2D eigenvalue weighted by atomic mass is 10.3. The SMILES string of the molecule is Br.CCCCN.c1ccncc1. The molecule has 1 aromatic rings. The van der Waals surface area contributed by atoms with Crippen LogP contribution in [0, 0.1) is 0 Å². The summed E-state index contributed by atoms with van der Waals surface area (Å²) in [5, 5.41) is 0. The van der Waals surface area contributed by atoms with Crippen molar-refractivity contribution in [3.63, 3.8) is 0 Å². The minimum atomic E-state index is 0. The van der Waals surface area contributed by atoms with E-state index in [9.17, 15) is 0 Å². The summed E-state index contributed by atoms with van der Waals surface area (Å²) in [5.41, 5.74) is 5.14. The van der Waals surface area contributed by atoms with Gasteiger partial charge in [-0.2, -0.15) is 0 Å². The number of hydrogen-bond acceptors (Lipinski definition) is 2. The predicted octanol–water partition coefficient (Wildman–Crippen LogP) is 2.40. The van der Waals surface area contributed by atoms with E-state index in [-0.39, 0.29) is 17.0 Å². The standard InChI is InChI=1S/C5H5N.C4H11N.BrH/c1-2-4-6-5-3-1;1-2-3-4-5;/h1-5H;2-5H2,1H3;1H. The summed E-state index contributed by atoms with van der Waals surface area (Å²) < 4.78 is 0. The molecule has 0 fully saturated rings. The zero-order valence-electron chi connectivity index (χ0n) is 7.44. The summed E-state index contributed by atoms with van der Waals surface area (Å²) in [7, 11) is 0. The number of hydrogen-bond donors (Lipinski definition) is 1. The Balaban J connectivity index is 0. The van der Waals surface area contributed by atoms with E-state index >= 15 is 0 Å². The van der Waals surface area contributed by atoms with Gasteiger partial charge in [-0.1, -0.05) is 19.4 Å². The molecule has 2 N–H and O–H groups in total. The molecule has 2 nitrogen and oxygen atoms in total. The summed E-state index contributed by atoms with van der Waals surface area (Å²) in [6.45, 7) is 2.98. The van der Waals surface area contributed by atoms with E-state index in [4.69, 9.17) is 5.73 Å². The van der Waals surface area contributed by atoms with Crippen LogP contribution in [0.2, 0.25) is 0 Å². The van der Waals surface area contributed by atoms with E-state index in [1.54, 1.807) is 12.4 Å². The largest absolute Gasteiger partial charge is 0.330 e. The van der Waals surface area contributed by atoms with E-state index < -0.39 is 0 Å². The Labute approximate surface area is 85.0 Å². The summed E-state index contributed by atoms with van der Waals surface area (Å²) in [6, 6.07) is 5.72. The first kappa shape index (κ1) is 14.1. The molecule has 1 aromatic heterocycles. The minimum Gasteiger partial charge on any atom is -0.330 e. The zero-order valence-corrected chi connectivity index (χ0v) is 9.15. The Kier molecular flexibility index (Phi) is 15.5. The highest BCUT2D eigenvalue weighted by molar-refractivity contribution is 8.93. The highest BCUT2D eigenvalue weighted by atomic mass is 79.9. The molecule has 0 atom stereocenters. The van der Waals surface area contributed by atoms with Crippen molar-refractivity contribution in [2.24, 2.45) is 5.73 Å². The van der Waals surface area contributed by atoms with Crippen LogP contribution in [0.15, 0.2) is 30.6 Å². The molecule has 0 aliphatic heterocycles. The third-order valence-corrected chi connectivity index (χ3v) is 1.12. The first-order chi connectivity index (χ1) is 5.41. The van der Waals surface area contributed by atoms with Crippen molar-refractivity contribution in [1.82, 2.24) is 4.98 Å². The van der Waals surface area contributed by atoms with E-state index in [2.05, 4.69) is 11.9 Å². The molecule has 0 aliphatic rings. The van der Waals surface area contributed by atoms with Gasteiger partial charge in [-0.3, -0.25) is 4.98 Å². The summed E-state index contributed by atoms with van der Waals surface area (Å²) in [6.07, 6.45) is 5.89. The van der Waals surface area contributed by atoms with Gasteiger partial charge >= 0.3 is 0 Å². The van der Waals surface area contributed by atoms with Crippen molar-refractivity contribution in [3.8, 4) is 0 Å². The highest BCUT2D eigenvalue weighted by Gasteiger charge is 1.68. The lowest BCUT2D eigenvalue weighted by Crippen LogP contribution is -1.95. The summed E-state index contributed by atoms with van der Waals surface area (Å²) in [5.74, 6) is 0. The van der Waals surface area contributed by atoms with Crippen LogP contribution >= 0.6 is 17.0 Å². The van der Waals surface area contributed by atoms with E-state index in [1.807, 2.05) is 18.2 Å².